The van der Waals surface area contributed by atoms with Crippen LogP contribution in [0.4, 0.5) is 0 Å². The molecule has 1 aliphatic heterocycles. The minimum absolute atomic E-state index is 0.159. The first-order chi connectivity index (χ1) is 14.0. The van der Waals surface area contributed by atoms with E-state index in [-0.39, 0.29) is 11.9 Å². The van der Waals surface area contributed by atoms with Crippen molar-refractivity contribution in [3.8, 4) is 5.75 Å². The van der Waals surface area contributed by atoms with Crippen molar-refractivity contribution in [2.75, 3.05) is 13.7 Å². The van der Waals surface area contributed by atoms with E-state index in [0.717, 1.165) is 32.5 Å². The molecule has 3 rings (SSSR count). The van der Waals surface area contributed by atoms with Crippen molar-refractivity contribution in [3.63, 3.8) is 0 Å². The molecule has 0 radical (unpaired) electrons. The van der Waals surface area contributed by atoms with E-state index in [1.165, 1.54) is 11.3 Å². The summed E-state index contributed by atoms with van der Waals surface area (Å²) in [5, 5.41) is 3.06. The molecule has 29 heavy (non-hydrogen) atoms. The van der Waals surface area contributed by atoms with E-state index in [1.54, 1.807) is 13.3 Å². The lowest BCUT2D eigenvalue weighted by Gasteiger charge is -2.17. The van der Waals surface area contributed by atoms with Gasteiger partial charge in [0.1, 0.15) is 4.88 Å². The lowest BCUT2D eigenvalue weighted by Crippen LogP contribution is -2.41. The Bertz CT molecular complexity index is 964. The molecule has 2 heterocycles. The summed E-state index contributed by atoms with van der Waals surface area (Å²) in [7, 11) is 1.58. The summed E-state index contributed by atoms with van der Waals surface area (Å²) < 4.78 is 6.35. The number of nitrogens with zero attached hydrogens (tertiary/aromatic N) is 1. The van der Waals surface area contributed by atoms with E-state index in [1.807, 2.05) is 49.5 Å². The van der Waals surface area contributed by atoms with Crippen molar-refractivity contribution < 1.29 is 9.53 Å². The molecular weight excluding hydrogens is 450 g/mol. The van der Waals surface area contributed by atoms with Gasteiger partial charge in [-0.2, -0.15) is 0 Å². The van der Waals surface area contributed by atoms with Crippen LogP contribution >= 0.6 is 27.3 Å². The molecule has 1 unspecified atom stereocenters. The fourth-order valence-corrected chi connectivity index (χ4v) is 5.22. The molecule has 3 N–H and O–H groups in total. The second-order valence-corrected chi connectivity index (χ2v) is 8.66. The summed E-state index contributed by atoms with van der Waals surface area (Å²) in [4.78, 5) is 18.8. The minimum atomic E-state index is -0.180. The predicted octanol–water partition coefficient (Wildman–Crippen LogP) is 4.58. The monoisotopic (exact) mass is 473 g/mol. The van der Waals surface area contributed by atoms with Gasteiger partial charge in [-0.1, -0.05) is 35.9 Å². The number of aliphatic imine (C=N–C) groups is 1. The fraction of sp³-hybridized carbons (Fsp3) is 0.273. The molecule has 1 aromatic carbocycles. The van der Waals surface area contributed by atoms with Crippen LogP contribution in [-0.2, 0) is 6.42 Å². The molecule has 7 heteroatoms. The summed E-state index contributed by atoms with van der Waals surface area (Å²) >= 11 is 5.04. The van der Waals surface area contributed by atoms with Crippen LogP contribution in [0.2, 0.25) is 0 Å². The van der Waals surface area contributed by atoms with E-state index < -0.39 is 0 Å². The van der Waals surface area contributed by atoms with E-state index >= 15 is 0 Å². The SMILES string of the molecule is COc1c(C(=O)NC(CN)Cc2ccccc2)sc(C2=CC=NC=C(C)C2)c1Br. The molecule has 0 saturated carbocycles. The van der Waals surface area contributed by atoms with Gasteiger partial charge in [-0.25, -0.2) is 0 Å². The quantitative estimate of drug-likeness (QED) is 0.617. The van der Waals surface area contributed by atoms with Gasteiger partial charge in [0.2, 0.25) is 0 Å². The minimum Gasteiger partial charge on any atom is -0.494 e. The normalized spacial score (nSPS) is 14.6. The maximum absolute atomic E-state index is 13.1. The number of halogens is 1. The first-order valence-corrected chi connectivity index (χ1v) is 10.9. The molecule has 1 aliphatic rings. The van der Waals surface area contributed by atoms with E-state index in [9.17, 15) is 4.79 Å². The average Bonchev–Trinajstić information content (AvgIpc) is 2.91. The lowest BCUT2D eigenvalue weighted by molar-refractivity contribution is 0.0939. The van der Waals surface area contributed by atoms with Gasteiger partial charge in [0.25, 0.3) is 5.91 Å². The molecule has 1 atom stereocenters. The first kappa shape index (κ1) is 21.5. The van der Waals surface area contributed by atoms with Gasteiger partial charge < -0.3 is 15.8 Å². The molecule has 0 aliphatic carbocycles. The van der Waals surface area contributed by atoms with Crippen molar-refractivity contribution in [1.82, 2.24) is 5.32 Å². The summed E-state index contributed by atoms with van der Waals surface area (Å²) in [6.45, 7) is 2.40. The molecule has 1 aromatic heterocycles. The molecule has 0 spiro atoms. The van der Waals surface area contributed by atoms with Gasteiger partial charge in [-0.15, -0.1) is 11.3 Å². The van der Waals surface area contributed by atoms with E-state index in [4.69, 9.17) is 10.5 Å². The first-order valence-electron chi connectivity index (χ1n) is 9.33. The molecule has 2 aromatic rings. The van der Waals surface area contributed by atoms with Crippen LogP contribution < -0.4 is 15.8 Å². The second-order valence-electron chi connectivity index (χ2n) is 6.85. The molecule has 1 amide bonds. The van der Waals surface area contributed by atoms with Crippen LogP contribution in [0.15, 0.2) is 57.6 Å². The molecular formula is C22H24BrN3O2S. The van der Waals surface area contributed by atoms with Crippen molar-refractivity contribution in [2.45, 2.75) is 25.8 Å². The van der Waals surface area contributed by atoms with Crippen molar-refractivity contribution in [3.05, 3.63) is 68.0 Å². The lowest BCUT2D eigenvalue weighted by atomic mass is 10.1. The van der Waals surface area contributed by atoms with Gasteiger partial charge in [-0.05, 0) is 52.9 Å². The largest absolute Gasteiger partial charge is 0.494 e. The average molecular weight is 474 g/mol. The molecule has 0 bridgehead atoms. The van der Waals surface area contributed by atoms with Crippen molar-refractivity contribution in [2.24, 2.45) is 10.7 Å². The van der Waals surface area contributed by atoms with Crippen LogP contribution in [0.5, 0.6) is 5.75 Å². The zero-order valence-corrected chi connectivity index (χ0v) is 18.8. The third-order valence-electron chi connectivity index (χ3n) is 4.58. The highest BCUT2D eigenvalue weighted by molar-refractivity contribution is 9.10. The Morgan fingerprint density at radius 2 is 2.14 bits per heavy atom. The van der Waals surface area contributed by atoms with Crippen LogP contribution in [0.3, 0.4) is 0 Å². The number of ether oxygens (including phenoxy) is 1. The highest BCUT2D eigenvalue weighted by Gasteiger charge is 2.26. The number of carbonyl (C=O) groups excluding carboxylic acids is 1. The number of benzene rings is 1. The van der Waals surface area contributed by atoms with Crippen molar-refractivity contribution >= 4 is 45.0 Å². The Morgan fingerprint density at radius 3 is 2.83 bits per heavy atom. The molecule has 5 nitrogen and oxygen atoms in total. The third-order valence-corrected chi connectivity index (χ3v) is 6.85. The summed E-state index contributed by atoms with van der Waals surface area (Å²) in [6, 6.07) is 9.84. The Hall–Kier alpha value is -2.22. The number of methoxy groups -OCH3 is 1. The predicted molar refractivity (Wildman–Crippen MR) is 124 cm³/mol. The van der Waals surface area contributed by atoms with Crippen LogP contribution in [-0.4, -0.2) is 31.8 Å². The van der Waals surface area contributed by atoms with Crippen LogP contribution in [0.25, 0.3) is 5.57 Å². The van der Waals surface area contributed by atoms with Crippen LogP contribution in [0.1, 0.15) is 33.5 Å². The Balaban J connectivity index is 1.84. The standard InChI is InChI=1S/C22H24BrN3O2S/c1-14-10-16(8-9-25-13-14)20-18(23)19(28-2)21(29-20)22(27)26-17(12-24)11-15-6-4-3-5-7-15/h3-9,13,17H,10-12,24H2,1-2H3,(H,26,27). The Labute approximate surface area is 183 Å². The highest BCUT2D eigenvalue weighted by Crippen LogP contribution is 2.44. The molecule has 0 fully saturated rings. The van der Waals surface area contributed by atoms with Gasteiger partial charge >= 0.3 is 0 Å². The van der Waals surface area contributed by atoms with Gasteiger partial charge in [0.05, 0.1) is 11.6 Å². The van der Waals surface area contributed by atoms with Gasteiger partial charge in [0.15, 0.2) is 5.75 Å². The maximum atomic E-state index is 13.1. The smallest absolute Gasteiger partial charge is 0.265 e. The van der Waals surface area contributed by atoms with E-state index in [0.29, 0.717) is 23.6 Å². The third kappa shape index (κ3) is 5.23. The number of carbonyl (C=O) groups is 1. The van der Waals surface area contributed by atoms with Gasteiger partial charge in [0, 0.05) is 29.9 Å². The highest BCUT2D eigenvalue weighted by atomic mass is 79.9. The number of hydrogen-bond acceptors (Lipinski definition) is 5. The van der Waals surface area contributed by atoms with Gasteiger partial charge in [-0.3, -0.25) is 9.79 Å². The summed E-state index contributed by atoms with van der Waals surface area (Å²) in [6.07, 6.45) is 7.04. The fourth-order valence-electron chi connectivity index (χ4n) is 3.14. The van der Waals surface area contributed by atoms with Crippen LogP contribution in [0, 0.1) is 0 Å². The summed E-state index contributed by atoms with van der Waals surface area (Å²) in [5.41, 5.74) is 9.30. The maximum Gasteiger partial charge on any atom is 0.265 e. The zero-order chi connectivity index (χ0) is 20.8. The number of allylic oxidation sites excluding steroid dienone is 3. The van der Waals surface area contributed by atoms with Crippen molar-refractivity contribution in [1.29, 1.82) is 0 Å². The van der Waals surface area contributed by atoms with E-state index in [2.05, 4.69) is 26.2 Å². The molecule has 152 valence electrons. The zero-order valence-electron chi connectivity index (χ0n) is 16.4. The number of nitrogens with two attached hydrogens (primary N) is 1. The number of hydrogen-bond donors (Lipinski definition) is 2. The summed E-state index contributed by atoms with van der Waals surface area (Å²) in [5.74, 6) is 0.363. The number of amides is 1. The number of thiophene rings is 1. The number of rotatable bonds is 7. The number of nitrogens with one attached hydrogen (secondary N) is 1. The Kier molecular flexibility index (Phi) is 7.41. The Morgan fingerprint density at radius 1 is 1.38 bits per heavy atom. The molecule has 0 saturated heterocycles. The second kappa shape index (κ2) is 10.0. The topological polar surface area (TPSA) is 76.7 Å².